The Hall–Kier alpha value is -3.58. The number of benzene rings is 2. The van der Waals surface area contributed by atoms with Crippen LogP contribution in [-0.2, 0) is 4.79 Å². The average Bonchev–Trinajstić information content (AvgIpc) is 3.35. The van der Waals surface area contributed by atoms with Crippen LogP contribution in [0, 0.1) is 13.8 Å². The summed E-state index contributed by atoms with van der Waals surface area (Å²) in [6.07, 6.45) is 1.67. The van der Waals surface area contributed by atoms with E-state index in [0.717, 1.165) is 11.3 Å². The summed E-state index contributed by atoms with van der Waals surface area (Å²) in [6.45, 7) is 6.49. The molecule has 1 fully saturated rings. The average molecular weight is 447 g/mol. The van der Waals surface area contributed by atoms with Crippen LogP contribution in [0.4, 0.5) is 5.69 Å². The van der Waals surface area contributed by atoms with Gasteiger partial charge >= 0.3 is 5.97 Å². The predicted molar refractivity (Wildman–Crippen MR) is 127 cm³/mol. The second kappa shape index (κ2) is 8.88. The van der Waals surface area contributed by atoms with Gasteiger partial charge in [-0.25, -0.2) is 9.79 Å². The molecule has 1 saturated heterocycles. The molecule has 32 heavy (non-hydrogen) atoms. The van der Waals surface area contributed by atoms with Crippen LogP contribution in [0.25, 0.3) is 17.4 Å². The molecule has 0 unspecified atom stereocenters. The summed E-state index contributed by atoms with van der Waals surface area (Å²) in [5.41, 5.74) is 3.78. The maximum absolute atomic E-state index is 12.9. The maximum Gasteiger partial charge on any atom is 0.336 e. The molecule has 0 atom stereocenters. The standard InChI is InChI=1S/C25H22N2O4S/c1-4-27-23(28)22(32-25(27)26-17-10-9-15(2)16(3)13-17)14-18-11-12-21(31-18)19-7-5-6-8-20(19)24(29)30/h5-14H,4H2,1-3H3,(H,29,30)/b22-14+,26-25?. The number of rotatable bonds is 5. The monoisotopic (exact) mass is 446 g/mol. The number of carbonyl (C=O) groups is 2. The molecule has 6 nitrogen and oxygen atoms in total. The zero-order valence-electron chi connectivity index (χ0n) is 18.0. The van der Waals surface area contributed by atoms with Gasteiger partial charge < -0.3 is 9.52 Å². The lowest BCUT2D eigenvalue weighted by Crippen LogP contribution is -2.28. The van der Waals surface area contributed by atoms with Crippen molar-refractivity contribution in [1.82, 2.24) is 4.90 Å². The quantitative estimate of drug-likeness (QED) is 0.495. The van der Waals surface area contributed by atoms with Gasteiger partial charge in [-0.15, -0.1) is 0 Å². The highest BCUT2D eigenvalue weighted by molar-refractivity contribution is 8.18. The minimum atomic E-state index is -1.02. The number of aromatic carboxylic acids is 1. The summed E-state index contributed by atoms with van der Waals surface area (Å²) in [5.74, 6) is -0.255. The topological polar surface area (TPSA) is 83.1 Å². The van der Waals surface area contributed by atoms with Crippen molar-refractivity contribution < 1.29 is 19.1 Å². The summed E-state index contributed by atoms with van der Waals surface area (Å²) < 4.78 is 5.86. The van der Waals surface area contributed by atoms with Crippen LogP contribution in [0.3, 0.4) is 0 Å². The third-order valence-electron chi connectivity index (χ3n) is 5.24. The molecule has 162 valence electrons. The summed E-state index contributed by atoms with van der Waals surface area (Å²) in [4.78, 5) is 31.2. The van der Waals surface area contributed by atoms with E-state index in [1.54, 1.807) is 41.3 Å². The Morgan fingerprint density at radius 3 is 2.62 bits per heavy atom. The molecular formula is C25H22N2O4S. The molecule has 0 saturated carbocycles. The van der Waals surface area contributed by atoms with E-state index >= 15 is 0 Å². The number of nitrogens with zero attached hydrogens (tertiary/aromatic N) is 2. The van der Waals surface area contributed by atoms with Crippen molar-refractivity contribution in [3.05, 3.63) is 82.0 Å². The van der Waals surface area contributed by atoms with Gasteiger partial charge in [0.15, 0.2) is 5.17 Å². The first-order chi connectivity index (χ1) is 15.4. The van der Waals surface area contributed by atoms with E-state index in [0.29, 0.717) is 33.7 Å². The molecule has 1 aliphatic heterocycles. The Morgan fingerprint density at radius 1 is 1.12 bits per heavy atom. The third-order valence-corrected chi connectivity index (χ3v) is 6.25. The molecule has 0 radical (unpaired) electrons. The van der Waals surface area contributed by atoms with Crippen molar-refractivity contribution in [1.29, 1.82) is 0 Å². The SMILES string of the molecule is CCN1C(=O)/C(=C\c2ccc(-c3ccccc3C(=O)O)o2)SC1=Nc1ccc(C)c(C)c1. The summed E-state index contributed by atoms with van der Waals surface area (Å²) in [7, 11) is 0. The van der Waals surface area contributed by atoms with Crippen molar-refractivity contribution in [3.63, 3.8) is 0 Å². The van der Waals surface area contributed by atoms with Gasteiger partial charge in [0.2, 0.25) is 0 Å². The molecule has 4 rings (SSSR count). The predicted octanol–water partition coefficient (Wildman–Crippen LogP) is 5.89. The van der Waals surface area contributed by atoms with Crippen LogP contribution >= 0.6 is 11.8 Å². The fourth-order valence-corrected chi connectivity index (χ4v) is 4.41. The molecule has 7 heteroatoms. The molecule has 1 aliphatic rings. The number of furan rings is 1. The molecule has 2 aromatic carbocycles. The lowest BCUT2D eigenvalue weighted by molar-refractivity contribution is -0.122. The number of hydrogen-bond acceptors (Lipinski definition) is 5. The first kappa shape index (κ1) is 21.6. The number of amidine groups is 1. The minimum Gasteiger partial charge on any atom is -0.478 e. The van der Waals surface area contributed by atoms with Crippen LogP contribution < -0.4 is 0 Å². The van der Waals surface area contributed by atoms with E-state index in [-0.39, 0.29) is 11.5 Å². The fourth-order valence-electron chi connectivity index (χ4n) is 3.36. The molecular weight excluding hydrogens is 424 g/mol. The molecule has 0 spiro atoms. The van der Waals surface area contributed by atoms with Crippen LogP contribution in [-0.4, -0.2) is 33.6 Å². The maximum atomic E-state index is 12.9. The van der Waals surface area contributed by atoms with Gasteiger partial charge in [0.05, 0.1) is 16.2 Å². The third kappa shape index (κ3) is 4.24. The number of carboxylic acid groups (broad SMARTS) is 1. The Kier molecular flexibility index (Phi) is 6.01. The van der Waals surface area contributed by atoms with Gasteiger partial charge in [-0.3, -0.25) is 9.69 Å². The number of aryl methyl sites for hydroxylation is 2. The Balaban J connectivity index is 1.64. The second-order valence-corrected chi connectivity index (χ2v) is 8.38. The minimum absolute atomic E-state index is 0.135. The first-order valence-corrected chi connectivity index (χ1v) is 11.0. The lowest BCUT2D eigenvalue weighted by atomic mass is 10.1. The Labute approximate surface area is 190 Å². The second-order valence-electron chi connectivity index (χ2n) is 7.38. The molecule has 0 bridgehead atoms. The van der Waals surface area contributed by atoms with E-state index in [4.69, 9.17) is 4.42 Å². The van der Waals surface area contributed by atoms with Gasteiger partial charge in [-0.05, 0) is 74.0 Å². The highest BCUT2D eigenvalue weighted by atomic mass is 32.2. The summed E-state index contributed by atoms with van der Waals surface area (Å²) in [6, 6.07) is 16.0. The molecule has 0 aliphatic carbocycles. The van der Waals surface area contributed by atoms with Gasteiger partial charge in [0, 0.05) is 18.2 Å². The number of thioether (sulfide) groups is 1. The van der Waals surface area contributed by atoms with E-state index in [2.05, 4.69) is 4.99 Å². The number of carboxylic acids is 1. The van der Waals surface area contributed by atoms with Crippen molar-refractivity contribution >= 4 is 40.6 Å². The van der Waals surface area contributed by atoms with Crippen molar-refractivity contribution in [3.8, 4) is 11.3 Å². The Bertz CT molecular complexity index is 1270. The molecule has 1 N–H and O–H groups in total. The smallest absolute Gasteiger partial charge is 0.336 e. The van der Waals surface area contributed by atoms with Crippen molar-refractivity contribution in [2.75, 3.05) is 6.54 Å². The van der Waals surface area contributed by atoms with Gasteiger partial charge in [0.25, 0.3) is 5.91 Å². The van der Waals surface area contributed by atoms with Gasteiger partial charge in [0.1, 0.15) is 11.5 Å². The normalized spacial score (nSPS) is 16.3. The number of carbonyl (C=O) groups excluding carboxylic acids is 1. The number of amides is 1. The van der Waals surface area contributed by atoms with Gasteiger partial charge in [-0.2, -0.15) is 0 Å². The zero-order chi connectivity index (χ0) is 22.8. The zero-order valence-corrected chi connectivity index (χ0v) is 18.8. The summed E-state index contributed by atoms with van der Waals surface area (Å²) in [5, 5.41) is 10.0. The fraction of sp³-hybridized carbons (Fsp3) is 0.160. The van der Waals surface area contributed by atoms with Crippen LogP contribution in [0.5, 0.6) is 0 Å². The molecule has 1 aromatic heterocycles. The highest BCUT2D eigenvalue weighted by Gasteiger charge is 2.32. The largest absolute Gasteiger partial charge is 0.478 e. The van der Waals surface area contributed by atoms with Crippen LogP contribution in [0.2, 0.25) is 0 Å². The first-order valence-electron chi connectivity index (χ1n) is 10.2. The van der Waals surface area contributed by atoms with Crippen molar-refractivity contribution in [2.45, 2.75) is 20.8 Å². The molecule has 2 heterocycles. The van der Waals surface area contributed by atoms with Crippen molar-refractivity contribution in [2.24, 2.45) is 4.99 Å². The van der Waals surface area contributed by atoms with Crippen LogP contribution in [0.15, 0.2) is 68.9 Å². The summed E-state index contributed by atoms with van der Waals surface area (Å²) >= 11 is 1.30. The number of aliphatic imine (C=N–C) groups is 1. The molecule has 1 amide bonds. The highest BCUT2D eigenvalue weighted by Crippen LogP contribution is 2.35. The molecule has 3 aromatic rings. The van der Waals surface area contributed by atoms with E-state index in [9.17, 15) is 14.7 Å². The number of hydrogen-bond donors (Lipinski definition) is 1. The van der Waals surface area contributed by atoms with E-state index in [1.165, 1.54) is 23.4 Å². The van der Waals surface area contributed by atoms with Gasteiger partial charge in [-0.1, -0.05) is 24.3 Å². The lowest BCUT2D eigenvalue weighted by Gasteiger charge is -2.12. The van der Waals surface area contributed by atoms with E-state index < -0.39 is 5.97 Å². The van der Waals surface area contributed by atoms with Crippen LogP contribution in [0.1, 0.15) is 34.2 Å². The number of likely N-dealkylation sites (N-methyl/N-ethyl adjacent to an activating group) is 1. The Morgan fingerprint density at radius 2 is 1.91 bits per heavy atom. The van der Waals surface area contributed by atoms with E-state index in [1.807, 2.05) is 39.0 Å².